The van der Waals surface area contributed by atoms with Crippen molar-refractivity contribution in [1.82, 2.24) is 9.97 Å². The Morgan fingerprint density at radius 1 is 1.33 bits per heavy atom. The van der Waals surface area contributed by atoms with Crippen molar-refractivity contribution in [3.05, 3.63) is 53.3 Å². The molecule has 0 spiro atoms. The van der Waals surface area contributed by atoms with Gasteiger partial charge in [-0.1, -0.05) is 24.3 Å². The minimum Gasteiger partial charge on any atom is -0.477 e. The lowest BCUT2D eigenvalue weighted by Crippen LogP contribution is -2.08. The average Bonchev–Trinajstić information content (AvgIpc) is 2.38. The summed E-state index contributed by atoms with van der Waals surface area (Å²) >= 11 is 0. The fourth-order valence-electron chi connectivity index (χ4n) is 1.55. The molecule has 5 nitrogen and oxygen atoms in total. The van der Waals surface area contributed by atoms with Crippen molar-refractivity contribution in [1.29, 1.82) is 0 Å². The zero-order valence-corrected chi connectivity index (χ0v) is 9.92. The number of nitrogens with zero attached hydrogens (tertiary/aromatic N) is 2. The third-order valence-corrected chi connectivity index (χ3v) is 2.57. The lowest BCUT2D eigenvalue weighted by molar-refractivity contribution is 0.0690. The van der Waals surface area contributed by atoms with Crippen LogP contribution in [0.25, 0.3) is 0 Å². The first-order valence-corrected chi connectivity index (χ1v) is 5.51. The second-order valence-corrected chi connectivity index (χ2v) is 3.85. The number of benzene rings is 1. The summed E-state index contributed by atoms with van der Waals surface area (Å²) in [4.78, 5) is 18.6. The van der Waals surface area contributed by atoms with Gasteiger partial charge in [-0.2, -0.15) is 0 Å². The Morgan fingerprint density at radius 2 is 2.11 bits per heavy atom. The SMILES string of the molecule is Cc1ccccc1CNc1nccc(C(=O)O)n1. The molecule has 5 heteroatoms. The number of carbonyl (C=O) groups is 1. The Morgan fingerprint density at radius 3 is 2.83 bits per heavy atom. The van der Waals surface area contributed by atoms with E-state index in [-0.39, 0.29) is 5.69 Å². The number of hydrogen-bond donors (Lipinski definition) is 2. The highest BCUT2D eigenvalue weighted by Crippen LogP contribution is 2.09. The van der Waals surface area contributed by atoms with E-state index in [1.54, 1.807) is 0 Å². The van der Waals surface area contributed by atoms with Crippen molar-refractivity contribution >= 4 is 11.9 Å². The Bertz CT molecular complexity index is 570. The van der Waals surface area contributed by atoms with Gasteiger partial charge in [-0.25, -0.2) is 14.8 Å². The van der Waals surface area contributed by atoms with E-state index in [1.807, 2.05) is 31.2 Å². The molecular formula is C13H13N3O2. The molecule has 1 heterocycles. The molecule has 2 aromatic rings. The second-order valence-electron chi connectivity index (χ2n) is 3.85. The summed E-state index contributed by atoms with van der Waals surface area (Å²) in [6.45, 7) is 2.58. The fourth-order valence-corrected chi connectivity index (χ4v) is 1.55. The number of aromatic nitrogens is 2. The number of carboxylic acid groups (broad SMARTS) is 1. The third kappa shape index (κ3) is 2.82. The van der Waals surface area contributed by atoms with E-state index in [0.29, 0.717) is 12.5 Å². The van der Waals surface area contributed by atoms with Gasteiger partial charge in [0.05, 0.1) is 0 Å². The van der Waals surface area contributed by atoms with Gasteiger partial charge in [0, 0.05) is 12.7 Å². The molecule has 0 amide bonds. The average molecular weight is 243 g/mol. The fraction of sp³-hybridized carbons (Fsp3) is 0.154. The molecule has 18 heavy (non-hydrogen) atoms. The maximum Gasteiger partial charge on any atom is 0.354 e. The monoisotopic (exact) mass is 243 g/mol. The van der Waals surface area contributed by atoms with Crippen LogP contribution in [0.1, 0.15) is 21.6 Å². The van der Waals surface area contributed by atoms with Crippen LogP contribution in [-0.4, -0.2) is 21.0 Å². The van der Waals surface area contributed by atoms with Crippen molar-refractivity contribution in [2.45, 2.75) is 13.5 Å². The Labute approximate surface area is 105 Å². The van der Waals surface area contributed by atoms with Crippen LogP contribution in [0.5, 0.6) is 0 Å². The summed E-state index contributed by atoms with van der Waals surface area (Å²) in [7, 11) is 0. The molecule has 0 saturated heterocycles. The van der Waals surface area contributed by atoms with E-state index in [4.69, 9.17) is 5.11 Å². The number of hydrogen-bond acceptors (Lipinski definition) is 4. The van der Waals surface area contributed by atoms with Crippen molar-refractivity contribution < 1.29 is 9.90 Å². The van der Waals surface area contributed by atoms with Crippen molar-refractivity contribution in [2.24, 2.45) is 0 Å². The summed E-state index contributed by atoms with van der Waals surface area (Å²) in [5, 5.41) is 11.8. The lowest BCUT2D eigenvalue weighted by Gasteiger charge is -2.07. The molecule has 0 atom stereocenters. The maximum atomic E-state index is 10.8. The molecule has 92 valence electrons. The quantitative estimate of drug-likeness (QED) is 0.860. The molecule has 2 N–H and O–H groups in total. The molecule has 1 aromatic heterocycles. The van der Waals surface area contributed by atoms with Gasteiger partial charge in [0.25, 0.3) is 0 Å². The predicted molar refractivity (Wildman–Crippen MR) is 67.5 cm³/mol. The summed E-state index contributed by atoms with van der Waals surface area (Å²) in [5.74, 6) is -0.741. The second kappa shape index (κ2) is 5.27. The van der Waals surface area contributed by atoms with E-state index >= 15 is 0 Å². The highest BCUT2D eigenvalue weighted by atomic mass is 16.4. The van der Waals surface area contributed by atoms with Crippen LogP contribution in [0.2, 0.25) is 0 Å². The van der Waals surface area contributed by atoms with Gasteiger partial charge in [0.2, 0.25) is 5.95 Å². The highest BCUT2D eigenvalue weighted by Gasteiger charge is 2.06. The Balaban J connectivity index is 2.09. The van der Waals surface area contributed by atoms with Crippen LogP contribution in [0.3, 0.4) is 0 Å². The lowest BCUT2D eigenvalue weighted by atomic mass is 10.1. The van der Waals surface area contributed by atoms with Crippen LogP contribution in [0.4, 0.5) is 5.95 Å². The first-order chi connectivity index (χ1) is 8.66. The number of rotatable bonds is 4. The van der Waals surface area contributed by atoms with Gasteiger partial charge < -0.3 is 10.4 Å². The topological polar surface area (TPSA) is 75.1 Å². The standard InChI is InChI=1S/C13H13N3O2/c1-9-4-2-3-5-10(9)8-15-13-14-7-6-11(16-13)12(17)18/h2-7H,8H2,1H3,(H,17,18)(H,14,15,16). The van der Waals surface area contributed by atoms with E-state index in [1.165, 1.54) is 17.8 Å². The molecule has 0 fully saturated rings. The summed E-state index contributed by atoms with van der Waals surface area (Å²) in [5.41, 5.74) is 2.28. The number of carboxylic acids is 1. The van der Waals surface area contributed by atoms with Gasteiger partial charge in [0.15, 0.2) is 5.69 Å². The molecule has 0 radical (unpaired) electrons. The zero-order valence-electron chi connectivity index (χ0n) is 9.92. The van der Waals surface area contributed by atoms with Crippen molar-refractivity contribution in [2.75, 3.05) is 5.32 Å². The summed E-state index contributed by atoms with van der Waals surface area (Å²) in [6.07, 6.45) is 1.43. The van der Waals surface area contributed by atoms with Crippen LogP contribution in [-0.2, 0) is 6.54 Å². The first-order valence-electron chi connectivity index (χ1n) is 5.51. The van der Waals surface area contributed by atoms with E-state index in [0.717, 1.165) is 5.56 Å². The molecule has 0 unspecified atom stereocenters. The molecule has 1 aromatic carbocycles. The Hall–Kier alpha value is -2.43. The van der Waals surface area contributed by atoms with Gasteiger partial charge in [-0.05, 0) is 24.1 Å². The summed E-state index contributed by atoms with van der Waals surface area (Å²) < 4.78 is 0. The molecule has 0 aliphatic carbocycles. The van der Waals surface area contributed by atoms with Crippen LogP contribution < -0.4 is 5.32 Å². The molecule has 2 rings (SSSR count). The third-order valence-electron chi connectivity index (χ3n) is 2.57. The van der Waals surface area contributed by atoms with Gasteiger partial charge in [-0.3, -0.25) is 0 Å². The number of aromatic carboxylic acids is 1. The van der Waals surface area contributed by atoms with Crippen LogP contribution in [0.15, 0.2) is 36.5 Å². The predicted octanol–water partition coefficient (Wildman–Crippen LogP) is 2.10. The zero-order chi connectivity index (χ0) is 13.0. The van der Waals surface area contributed by atoms with Crippen molar-refractivity contribution in [3.63, 3.8) is 0 Å². The van der Waals surface area contributed by atoms with Gasteiger partial charge >= 0.3 is 5.97 Å². The molecule has 0 bridgehead atoms. The molecule has 0 saturated carbocycles. The molecule has 0 aliphatic heterocycles. The van der Waals surface area contributed by atoms with Crippen LogP contribution in [0, 0.1) is 6.92 Å². The maximum absolute atomic E-state index is 10.8. The smallest absolute Gasteiger partial charge is 0.354 e. The molecule has 0 aliphatic rings. The van der Waals surface area contributed by atoms with Gasteiger partial charge in [-0.15, -0.1) is 0 Å². The minimum atomic E-state index is -1.06. The number of aryl methyl sites for hydroxylation is 1. The highest BCUT2D eigenvalue weighted by molar-refractivity contribution is 5.85. The Kier molecular flexibility index (Phi) is 3.52. The first kappa shape index (κ1) is 12.0. The number of nitrogens with one attached hydrogen (secondary N) is 1. The minimum absolute atomic E-state index is 0.0164. The van der Waals surface area contributed by atoms with Crippen LogP contribution >= 0.6 is 0 Å². The van der Waals surface area contributed by atoms with E-state index in [2.05, 4.69) is 15.3 Å². The van der Waals surface area contributed by atoms with Gasteiger partial charge in [0.1, 0.15) is 0 Å². The largest absolute Gasteiger partial charge is 0.477 e. The molecular weight excluding hydrogens is 230 g/mol. The normalized spacial score (nSPS) is 10.1. The van der Waals surface area contributed by atoms with E-state index in [9.17, 15) is 4.79 Å². The van der Waals surface area contributed by atoms with Crippen molar-refractivity contribution in [3.8, 4) is 0 Å². The number of anilines is 1. The summed E-state index contributed by atoms with van der Waals surface area (Å²) in [6, 6.07) is 9.31. The van der Waals surface area contributed by atoms with E-state index < -0.39 is 5.97 Å².